The first-order chi connectivity index (χ1) is 15.2. The highest BCUT2D eigenvalue weighted by Crippen LogP contribution is 2.35. The number of fused-ring (bicyclic) bond motifs is 1. The van der Waals surface area contributed by atoms with Gasteiger partial charge in [0.2, 0.25) is 9.84 Å². The number of nitrogens with one attached hydrogen (secondary N) is 1. The van der Waals surface area contributed by atoms with Crippen LogP contribution in [-0.4, -0.2) is 23.9 Å². The van der Waals surface area contributed by atoms with Gasteiger partial charge < -0.3 is 4.74 Å². The van der Waals surface area contributed by atoms with Gasteiger partial charge in [-0.1, -0.05) is 54.1 Å². The molecule has 0 aliphatic carbocycles. The van der Waals surface area contributed by atoms with Gasteiger partial charge in [-0.05, 0) is 48.7 Å². The average Bonchev–Trinajstić information content (AvgIpc) is 2.78. The summed E-state index contributed by atoms with van der Waals surface area (Å²) in [6.07, 6.45) is 0. The summed E-state index contributed by atoms with van der Waals surface area (Å²) in [6.45, 7) is 1.86. The van der Waals surface area contributed by atoms with E-state index in [4.69, 9.17) is 4.74 Å². The van der Waals surface area contributed by atoms with Crippen LogP contribution < -0.4 is 9.46 Å². The number of rotatable bonds is 6. The predicted molar refractivity (Wildman–Crippen MR) is 124 cm³/mol. The van der Waals surface area contributed by atoms with Crippen molar-refractivity contribution < 1.29 is 21.6 Å². The summed E-state index contributed by atoms with van der Waals surface area (Å²) in [5.74, 6) is 0.121. The molecule has 0 atom stereocenters. The SMILES string of the molecule is COc1ccc(NS(=O)(=O)c2ccc(C)cc2)cc1S(=O)(=O)c1cccc2ccccc12. The minimum Gasteiger partial charge on any atom is -0.495 e. The Balaban J connectivity index is 1.81. The number of sulfone groups is 1. The molecule has 164 valence electrons. The Bertz CT molecular complexity index is 1500. The quantitative estimate of drug-likeness (QED) is 0.440. The zero-order valence-corrected chi connectivity index (χ0v) is 19.1. The Hall–Kier alpha value is -3.36. The van der Waals surface area contributed by atoms with Gasteiger partial charge in [0.15, 0.2) is 0 Å². The first kappa shape index (κ1) is 21.9. The zero-order valence-electron chi connectivity index (χ0n) is 17.4. The van der Waals surface area contributed by atoms with Crippen molar-refractivity contribution in [2.45, 2.75) is 21.6 Å². The van der Waals surface area contributed by atoms with Crippen molar-refractivity contribution in [3.05, 3.63) is 90.5 Å². The van der Waals surface area contributed by atoms with E-state index in [2.05, 4.69) is 4.72 Å². The monoisotopic (exact) mass is 467 g/mol. The molecule has 6 nitrogen and oxygen atoms in total. The van der Waals surface area contributed by atoms with Crippen LogP contribution in [0.4, 0.5) is 5.69 Å². The Morgan fingerprint density at radius 3 is 2.16 bits per heavy atom. The molecule has 0 unspecified atom stereocenters. The maximum Gasteiger partial charge on any atom is 0.261 e. The third-order valence-corrected chi connectivity index (χ3v) is 8.31. The van der Waals surface area contributed by atoms with E-state index < -0.39 is 19.9 Å². The van der Waals surface area contributed by atoms with E-state index in [1.807, 2.05) is 25.1 Å². The van der Waals surface area contributed by atoms with Crippen molar-refractivity contribution >= 4 is 36.3 Å². The lowest BCUT2D eigenvalue weighted by Crippen LogP contribution is -2.14. The summed E-state index contributed by atoms with van der Waals surface area (Å²) < 4.78 is 60.5. The minimum absolute atomic E-state index is 0.0809. The second-order valence-electron chi connectivity index (χ2n) is 7.26. The minimum atomic E-state index is -4.02. The van der Waals surface area contributed by atoms with Crippen LogP contribution in [0, 0.1) is 6.92 Å². The first-order valence-corrected chi connectivity index (χ1v) is 12.7. The Kier molecular flexibility index (Phi) is 5.66. The van der Waals surface area contributed by atoms with E-state index >= 15 is 0 Å². The summed E-state index contributed by atoms with van der Waals surface area (Å²) in [5, 5.41) is 1.35. The third kappa shape index (κ3) is 4.06. The van der Waals surface area contributed by atoms with Crippen LogP contribution in [0.15, 0.2) is 99.6 Å². The molecule has 0 aliphatic rings. The molecule has 1 N–H and O–H groups in total. The molecular weight excluding hydrogens is 446 g/mol. The summed E-state index contributed by atoms with van der Waals surface area (Å²) in [7, 11) is -6.54. The molecule has 4 aromatic carbocycles. The lowest BCUT2D eigenvalue weighted by Gasteiger charge is -2.14. The molecule has 32 heavy (non-hydrogen) atoms. The topological polar surface area (TPSA) is 89.5 Å². The summed E-state index contributed by atoms with van der Waals surface area (Å²) >= 11 is 0. The summed E-state index contributed by atoms with van der Waals surface area (Å²) in [6, 6.07) is 22.8. The zero-order chi connectivity index (χ0) is 22.9. The molecule has 0 amide bonds. The second-order valence-corrected chi connectivity index (χ2v) is 10.8. The van der Waals surface area contributed by atoms with Crippen molar-refractivity contribution in [3.8, 4) is 5.75 Å². The molecule has 8 heteroatoms. The molecule has 0 aromatic heterocycles. The van der Waals surface area contributed by atoms with E-state index in [1.54, 1.807) is 30.3 Å². The van der Waals surface area contributed by atoms with Crippen LogP contribution in [0.3, 0.4) is 0 Å². The number of hydrogen-bond acceptors (Lipinski definition) is 5. The van der Waals surface area contributed by atoms with Gasteiger partial charge in [0, 0.05) is 5.39 Å². The number of sulfonamides is 1. The second kappa shape index (κ2) is 8.29. The maximum atomic E-state index is 13.6. The van der Waals surface area contributed by atoms with E-state index in [0.29, 0.717) is 5.39 Å². The number of aryl methyl sites for hydroxylation is 1. The molecule has 4 aromatic rings. The Morgan fingerprint density at radius 2 is 1.44 bits per heavy atom. The van der Waals surface area contributed by atoms with E-state index in [-0.39, 0.29) is 26.1 Å². The molecule has 0 aliphatic heterocycles. The normalized spacial score (nSPS) is 11.9. The summed E-state index contributed by atoms with van der Waals surface area (Å²) in [4.78, 5) is 0.0743. The van der Waals surface area contributed by atoms with Crippen LogP contribution in [0.1, 0.15) is 5.56 Å². The van der Waals surface area contributed by atoms with Gasteiger partial charge in [0.1, 0.15) is 10.6 Å². The van der Waals surface area contributed by atoms with Gasteiger partial charge in [0.05, 0.1) is 22.6 Å². The lowest BCUT2D eigenvalue weighted by molar-refractivity contribution is 0.403. The predicted octanol–water partition coefficient (Wildman–Crippen LogP) is 4.79. The Morgan fingerprint density at radius 1 is 0.750 bits per heavy atom. The van der Waals surface area contributed by atoms with E-state index in [9.17, 15) is 16.8 Å². The molecule has 4 rings (SSSR count). The average molecular weight is 468 g/mol. The van der Waals surface area contributed by atoms with Gasteiger partial charge >= 0.3 is 0 Å². The van der Waals surface area contributed by atoms with Crippen molar-refractivity contribution in [2.24, 2.45) is 0 Å². The molecule has 0 fully saturated rings. The van der Waals surface area contributed by atoms with Crippen LogP contribution in [-0.2, 0) is 19.9 Å². The standard InChI is InChI=1S/C24H21NO5S2/c1-17-10-13-20(14-11-17)32(28,29)25-19-12-15-22(30-2)24(16-19)31(26,27)23-9-5-7-18-6-3-4-8-21(18)23/h3-16,25H,1-2H3. The van der Waals surface area contributed by atoms with Gasteiger partial charge in [0.25, 0.3) is 10.0 Å². The molecule has 0 bridgehead atoms. The van der Waals surface area contributed by atoms with Gasteiger partial charge in [-0.2, -0.15) is 0 Å². The van der Waals surface area contributed by atoms with Crippen molar-refractivity contribution in [1.29, 1.82) is 0 Å². The van der Waals surface area contributed by atoms with Crippen LogP contribution in [0.25, 0.3) is 10.8 Å². The van der Waals surface area contributed by atoms with Crippen molar-refractivity contribution in [3.63, 3.8) is 0 Å². The third-order valence-electron chi connectivity index (χ3n) is 5.08. The van der Waals surface area contributed by atoms with Crippen LogP contribution in [0.5, 0.6) is 5.75 Å². The summed E-state index contributed by atoms with van der Waals surface area (Å²) in [5.41, 5.74) is 1.04. The number of ether oxygens (including phenoxy) is 1. The molecule has 0 spiro atoms. The molecule has 0 saturated carbocycles. The fraction of sp³-hybridized carbons (Fsp3) is 0.0833. The van der Waals surface area contributed by atoms with E-state index in [1.165, 1.54) is 43.5 Å². The number of methoxy groups -OCH3 is 1. The lowest BCUT2D eigenvalue weighted by atomic mass is 10.1. The fourth-order valence-corrected chi connectivity index (χ4v) is 6.15. The number of anilines is 1. The van der Waals surface area contributed by atoms with Crippen molar-refractivity contribution in [1.82, 2.24) is 0 Å². The van der Waals surface area contributed by atoms with Crippen LogP contribution >= 0.6 is 0 Å². The van der Waals surface area contributed by atoms with Gasteiger partial charge in [-0.3, -0.25) is 4.72 Å². The molecule has 0 saturated heterocycles. The highest BCUT2D eigenvalue weighted by Gasteiger charge is 2.25. The maximum absolute atomic E-state index is 13.6. The smallest absolute Gasteiger partial charge is 0.261 e. The van der Waals surface area contributed by atoms with Crippen molar-refractivity contribution in [2.75, 3.05) is 11.8 Å². The largest absolute Gasteiger partial charge is 0.495 e. The molecule has 0 heterocycles. The number of hydrogen-bond donors (Lipinski definition) is 1. The highest BCUT2D eigenvalue weighted by molar-refractivity contribution is 7.93. The van der Waals surface area contributed by atoms with Gasteiger partial charge in [-0.25, -0.2) is 16.8 Å². The van der Waals surface area contributed by atoms with Crippen LogP contribution in [0.2, 0.25) is 0 Å². The molecule has 0 radical (unpaired) electrons. The molecular formula is C24H21NO5S2. The van der Waals surface area contributed by atoms with E-state index in [0.717, 1.165) is 10.9 Å². The first-order valence-electron chi connectivity index (χ1n) is 9.73. The van der Waals surface area contributed by atoms with Gasteiger partial charge in [-0.15, -0.1) is 0 Å². The Labute approximate surface area is 187 Å². The highest BCUT2D eigenvalue weighted by atomic mass is 32.2. The number of benzene rings is 4. The fourth-order valence-electron chi connectivity index (χ4n) is 3.43.